The second kappa shape index (κ2) is 10.6. The maximum absolute atomic E-state index is 12.8. The molecule has 0 saturated heterocycles. The standard InChI is InChI=1S/C24H23BrN2O3/c1-2-15-27(16-14-18-6-4-3-5-7-18)23(28)17-19-8-10-20(11-9-19)26-24(29)21-12-13-22(25)30-21/h2-13H,1,14-17H2,(H,26,29). The summed E-state index contributed by atoms with van der Waals surface area (Å²) >= 11 is 3.18. The molecule has 3 rings (SSSR count). The topological polar surface area (TPSA) is 62.6 Å². The van der Waals surface area contributed by atoms with E-state index in [0.29, 0.717) is 29.9 Å². The number of amides is 2. The van der Waals surface area contributed by atoms with Crippen molar-refractivity contribution in [2.45, 2.75) is 12.8 Å². The van der Waals surface area contributed by atoms with E-state index in [0.717, 1.165) is 12.0 Å². The number of benzene rings is 2. The van der Waals surface area contributed by atoms with Crippen molar-refractivity contribution in [3.05, 3.63) is 101 Å². The number of rotatable bonds is 9. The fraction of sp³-hybridized carbons (Fsp3) is 0.167. The molecule has 6 heteroatoms. The maximum Gasteiger partial charge on any atom is 0.291 e. The molecule has 0 spiro atoms. The first kappa shape index (κ1) is 21.6. The molecule has 1 N–H and O–H groups in total. The Morgan fingerprint density at radius 2 is 1.73 bits per heavy atom. The van der Waals surface area contributed by atoms with E-state index in [-0.39, 0.29) is 17.6 Å². The van der Waals surface area contributed by atoms with E-state index in [1.165, 1.54) is 5.56 Å². The van der Waals surface area contributed by atoms with Crippen molar-refractivity contribution in [2.75, 3.05) is 18.4 Å². The van der Waals surface area contributed by atoms with Gasteiger partial charge >= 0.3 is 0 Å². The van der Waals surface area contributed by atoms with Crippen LogP contribution in [0.3, 0.4) is 0 Å². The van der Waals surface area contributed by atoms with E-state index in [4.69, 9.17) is 4.42 Å². The lowest BCUT2D eigenvalue weighted by Crippen LogP contribution is -2.34. The van der Waals surface area contributed by atoms with Gasteiger partial charge in [-0.3, -0.25) is 9.59 Å². The van der Waals surface area contributed by atoms with Crippen molar-refractivity contribution in [3.8, 4) is 0 Å². The quantitative estimate of drug-likeness (QED) is 0.446. The highest BCUT2D eigenvalue weighted by atomic mass is 79.9. The normalized spacial score (nSPS) is 10.4. The van der Waals surface area contributed by atoms with Crippen molar-refractivity contribution < 1.29 is 14.0 Å². The van der Waals surface area contributed by atoms with Gasteiger partial charge in [-0.05, 0) is 57.7 Å². The molecule has 0 fully saturated rings. The number of nitrogens with zero attached hydrogens (tertiary/aromatic N) is 1. The number of halogens is 1. The largest absolute Gasteiger partial charge is 0.444 e. The Morgan fingerprint density at radius 3 is 2.37 bits per heavy atom. The molecule has 0 atom stereocenters. The van der Waals surface area contributed by atoms with Gasteiger partial charge in [0.15, 0.2) is 10.4 Å². The van der Waals surface area contributed by atoms with Crippen LogP contribution >= 0.6 is 15.9 Å². The van der Waals surface area contributed by atoms with Crippen LogP contribution in [0.1, 0.15) is 21.7 Å². The number of carbonyl (C=O) groups is 2. The molecule has 5 nitrogen and oxygen atoms in total. The minimum absolute atomic E-state index is 0.0445. The van der Waals surface area contributed by atoms with Crippen LogP contribution in [0.2, 0.25) is 0 Å². The summed E-state index contributed by atoms with van der Waals surface area (Å²) in [5, 5.41) is 2.77. The molecule has 2 aromatic carbocycles. The van der Waals surface area contributed by atoms with Gasteiger partial charge in [0.25, 0.3) is 5.91 Å². The molecule has 1 heterocycles. The fourth-order valence-corrected chi connectivity index (χ4v) is 3.31. The predicted molar refractivity (Wildman–Crippen MR) is 121 cm³/mol. The van der Waals surface area contributed by atoms with Crippen LogP contribution in [0.4, 0.5) is 5.69 Å². The lowest BCUT2D eigenvalue weighted by Gasteiger charge is -2.21. The van der Waals surface area contributed by atoms with E-state index in [9.17, 15) is 9.59 Å². The predicted octanol–water partition coefficient (Wildman–Crippen LogP) is 5.09. The zero-order valence-corrected chi connectivity index (χ0v) is 18.1. The lowest BCUT2D eigenvalue weighted by atomic mass is 10.1. The zero-order chi connectivity index (χ0) is 21.3. The number of nitrogens with one attached hydrogen (secondary N) is 1. The SMILES string of the molecule is C=CCN(CCc1ccccc1)C(=O)Cc1ccc(NC(=O)c2ccc(Br)o2)cc1. The number of anilines is 1. The minimum Gasteiger partial charge on any atom is -0.444 e. The first-order valence-electron chi connectivity index (χ1n) is 9.63. The van der Waals surface area contributed by atoms with Gasteiger partial charge in [0.05, 0.1) is 6.42 Å². The van der Waals surface area contributed by atoms with Crippen molar-refractivity contribution in [1.82, 2.24) is 4.90 Å². The highest BCUT2D eigenvalue weighted by Gasteiger charge is 2.14. The minimum atomic E-state index is -0.331. The molecule has 154 valence electrons. The molecule has 0 radical (unpaired) electrons. The molecule has 0 aliphatic carbocycles. The number of carbonyl (C=O) groups excluding carboxylic acids is 2. The van der Waals surface area contributed by atoms with Gasteiger partial charge in [-0.15, -0.1) is 6.58 Å². The molecule has 0 unspecified atom stereocenters. The van der Waals surface area contributed by atoms with Gasteiger partial charge in [0, 0.05) is 18.8 Å². The fourth-order valence-electron chi connectivity index (χ4n) is 3.00. The Balaban J connectivity index is 1.56. The summed E-state index contributed by atoms with van der Waals surface area (Å²) in [5.74, 6) is -0.0646. The van der Waals surface area contributed by atoms with E-state index < -0.39 is 0 Å². The van der Waals surface area contributed by atoms with Gasteiger partial charge in [-0.1, -0.05) is 48.5 Å². The molecular formula is C24H23BrN2O3. The molecule has 30 heavy (non-hydrogen) atoms. The Labute approximate surface area is 184 Å². The Morgan fingerprint density at radius 1 is 1.00 bits per heavy atom. The number of hydrogen-bond donors (Lipinski definition) is 1. The van der Waals surface area contributed by atoms with E-state index in [1.54, 1.807) is 30.3 Å². The monoisotopic (exact) mass is 466 g/mol. The third kappa shape index (κ3) is 6.19. The van der Waals surface area contributed by atoms with Gasteiger partial charge < -0.3 is 14.6 Å². The Kier molecular flexibility index (Phi) is 7.63. The van der Waals surface area contributed by atoms with Crippen LogP contribution in [0.15, 0.2) is 88.5 Å². The van der Waals surface area contributed by atoms with Crippen LogP contribution in [-0.2, 0) is 17.6 Å². The molecule has 0 saturated carbocycles. The zero-order valence-electron chi connectivity index (χ0n) is 16.5. The average Bonchev–Trinajstić information content (AvgIpc) is 3.19. The van der Waals surface area contributed by atoms with Crippen molar-refractivity contribution in [3.63, 3.8) is 0 Å². The maximum atomic E-state index is 12.8. The molecule has 0 aliphatic heterocycles. The third-order valence-electron chi connectivity index (χ3n) is 4.58. The van der Waals surface area contributed by atoms with Gasteiger partial charge in [-0.25, -0.2) is 0 Å². The first-order chi connectivity index (χ1) is 14.5. The summed E-state index contributed by atoms with van der Waals surface area (Å²) in [6, 6.07) is 20.6. The molecule has 0 aliphatic rings. The van der Waals surface area contributed by atoms with Crippen LogP contribution < -0.4 is 5.32 Å². The van der Waals surface area contributed by atoms with Crippen LogP contribution in [0.5, 0.6) is 0 Å². The summed E-state index contributed by atoms with van der Waals surface area (Å²) in [4.78, 5) is 26.7. The number of hydrogen-bond acceptors (Lipinski definition) is 3. The first-order valence-corrected chi connectivity index (χ1v) is 10.4. The average molecular weight is 467 g/mol. The highest BCUT2D eigenvalue weighted by molar-refractivity contribution is 9.10. The van der Waals surface area contributed by atoms with Gasteiger partial charge in [-0.2, -0.15) is 0 Å². The summed E-state index contributed by atoms with van der Waals surface area (Å²) in [6.45, 7) is 4.92. The second-order valence-corrected chi connectivity index (χ2v) is 7.58. The van der Waals surface area contributed by atoms with Crippen LogP contribution in [0, 0.1) is 0 Å². The van der Waals surface area contributed by atoms with E-state index >= 15 is 0 Å². The van der Waals surface area contributed by atoms with Gasteiger partial charge in [0.1, 0.15) is 0 Å². The van der Waals surface area contributed by atoms with Crippen molar-refractivity contribution in [2.24, 2.45) is 0 Å². The Hall–Kier alpha value is -3.12. The summed E-state index contributed by atoms with van der Waals surface area (Å²) < 4.78 is 5.74. The van der Waals surface area contributed by atoms with E-state index in [2.05, 4.69) is 40.0 Å². The third-order valence-corrected chi connectivity index (χ3v) is 5.01. The smallest absolute Gasteiger partial charge is 0.291 e. The van der Waals surface area contributed by atoms with Crippen molar-refractivity contribution in [1.29, 1.82) is 0 Å². The van der Waals surface area contributed by atoms with Crippen molar-refractivity contribution >= 4 is 33.4 Å². The summed E-state index contributed by atoms with van der Waals surface area (Å²) in [7, 11) is 0. The second-order valence-electron chi connectivity index (χ2n) is 6.80. The van der Waals surface area contributed by atoms with E-state index in [1.807, 2.05) is 35.2 Å². The molecule has 3 aromatic rings. The summed E-state index contributed by atoms with van der Waals surface area (Å²) in [5.41, 5.74) is 2.71. The summed E-state index contributed by atoms with van der Waals surface area (Å²) in [6.07, 6.45) is 2.84. The van der Waals surface area contributed by atoms with Crippen LogP contribution in [-0.4, -0.2) is 29.8 Å². The van der Waals surface area contributed by atoms with Crippen LogP contribution in [0.25, 0.3) is 0 Å². The molecule has 2 amide bonds. The lowest BCUT2D eigenvalue weighted by molar-refractivity contribution is -0.129. The molecule has 0 bridgehead atoms. The highest BCUT2D eigenvalue weighted by Crippen LogP contribution is 2.17. The number of furan rings is 1. The molecule has 1 aromatic heterocycles. The molecular weight excluding hydrogens is 444 g/mol. The Bertz CT molecular complexity index is 997. The van der Waals surface area contributed by atoms with Gasteiger partial charge in [0.2, 0.25) is 5.91 Å².